The van der Waals surface area contributed by atoms with Crippen molar-refractivity contribution in [2.75, 3.05) is 13.2 Å². The van der Waals surface area contributed by atoms with Crippen LogP contribution in [0.15, 0.2) is 41.7 Å². The summed E-state index contributed by atoms with van der Waals surface area (Å²) in [6.45, 7) is 9.85. The summed E-state index contributed by atoms with van der Waals surface area (Å²) in [4.78, 5) is 27.0. The van der Waals surface area contributed by atoms with Gasteiger partial charge in [-0.3, -0.25) is 9.59 Å². The molecule has 0 saturated heterocycles. The number of aliphatic hydroxyl groups is 1. The molecule has 136 valence electrons. The van der Waals surface area contributed by atoms with E-state index in [4.69, 9.17) is 4.74 Å². The summed E-state index contributed by atoms with van der Waals surface area (Å²) >= 11 is 0. The van der Waals surface area contributed by atoms with E-state index in [0.717, 1.165) is 5.56 Å². The molecule has 0 aromatic heterocycles. The number of nitrogens with zero attached hydrogens (tertiary/aromatic N) is 1. The van der Waals surface area contributed by atoms with Crippen molar-refractivity contribution in [3.63, 3.8) is 0 Å². The maximum absolute atomic E-state index is 12.9. The molecule has 1 atom stereocenters. The Hall–Kier alpha value is -2.14. The normalized spacial score (nSPS) is 18.4. The fraction of sp³-hybridized carbons (Fsp3) is 0.500. The maximum Gasteiger partial charge on any atom is 0.290 e. The van der Waals surface area contributed by atoms with Crippen molar-refractivity contribution in [1.29, 1.82) is 0 Å². The van der Waals surface area contributed by atoms with Gasteiger partial charge in [0.05, 0.1) is 24.3 Å². The van der Waals surface area contributed by atoms with Gasteiger partial charge in [0.2, 0.25) is 0 Å². The first kappa shape index (κ1) is 19.2. The van der Waals surface area contributed by atoms with E-state index in [1.165, 1.54) is 4.90 Å². The van der Waals surface area contributed by atoms with Crippen LogP contribution >= 0.6 is 0 Å². The van der Waals surface area contributed by atoms with Gasteiger partial charge in [0.15, 0.2) is 11.5 Å². The van der Waals surface area contributed by atoms with Gasteiger partial charge in [0.25, 0.3) is 5.91 Å². The van der Waals surface area contributed by atoms with Crippen LogP contribution in [0.2, 0.25) is 0 Å². The highest BCUT2D eigenvalue weighted by Crippen LogP contribution is 2.40. The first-order valence-corrected chi connectivity index (χ1v) is 8.60. The van der Waals surface area contributed by atoms with E-state index < -0.39 is 23.1 Å². The molecule has 1 heterocycles. The lowest BCUT2D eigenvalue weighted by Crippen LogP contribution is -2.35. The topological polar surface area (TPSA) is 66.8 Å². The standard InChI is InChI=1S/C20H27NO4/c1-13(2)25-12-11-21-16(14-9-7-6-8-10-14)15(17(22)19(21)24)18(23)20(3,4)5/h6-10,13,16,22H,11-12H2,1-5H3. The Morgan fingerprint density at radius 3 is 2.36 bits per heavy atom. The summed E-state index contributed by atoms with van der Waals surface area (Å²) in [5, 5.41) is 10.4. The Labute approximate surface area is 149 Å². The van der Waals surface area contributed by atoms with E-state index >= 15 is 0 Å². The zero-order valence-corrected chi connectivity index (χ0v) is 15.6. The van der Waals surface area contributed by atoms with Crippen LogP contribution in [0.4, 0.5) is 0 Å². The summed E-state index contributed by atoms with van der Waals surface area (Å²) < 4.78 is 5.56. The van der Waals surface area contributed by atoms with E-state index in [9.17, 15) is 14.7 Å². The average molecular weight is 345 g/mol. The largest absolute Gasteiger partial charge is 0.503 e. The highest BCUT2D eigenvalue weighted by Gasteiger charge is 2.45. The smallest absolute Gasteiger partial charge is 0.290 e. The molecule has 25 heavy (non-hydrogen) atoms. The van der Waals surface area contributed by atoms with Crippen molar-refractivity contribution in [3.05, 3.63) is 47.2 Å². The van der Waals surface area contributed by atoms with E-state index in [2.05, 4.69) is 0 Å². The molecule has 0 aliphatic carbocycles. The summed E-state index contributed by atoms with van der Waals surface area (Å²) in [6, 6.07) is 8.73. The van der Waals surface area contributed by atoms with Crippen LogP contribution in [0.1, 0.15) is 46.2 Å². The summed E-state index contributed by atoms with van der Waals surface area (Å²) in [5.74, 6) is -1.19. The van der Waals surface area contributed by atoms with Crippen LogP contribution in [0.25, 0.3) is 0 Å². The Morgan fingerprint density at radius 1 is 1.24 bits per heavy atom. The number of carbonyl (C=O) groups is 2. The van der Waals surface area contributed by atoms with Gasteiger partial charge in [-0.1, -0.05) is 51.1 Å². The van der Waals surface area contributed by atoms with E-state index in [1.807, 2.05) is 44.2 Å². The van der Waals surface area contributed by atoms with Crippen LogP contribution < -0.4 is 0 Å². The van der Waals surface area contributed by atoms with Gasteiger partial charge in [0.1, 0.15) is 0 Å². The molecule has 1 N–H and O–H groups in total. The molecule has 0 spiro atoms. The third-order valence-corrected chi connectivity index (χ3v) is 4.13. The molecule has 5 nitrogen and oxygen atoms in total. The number of hydrogen-bond donors (Lipinski definition) is 1. The molecule has 1 aliphatic rings. The molecule has 1 aliphatic heterocycles. The molecule has 1 aromatic carbocycles. The number of aliphatic hydroxyl groups excluding tert-OH is 1. The van der Waals surface area contributed by atoms with Crippen LogP contribution in [0.5, 0.6) is 0 Å². The third kappa shape index (κ3) is 4.10. The number of carbonyl (C=O) groups excluding carboxylic acids is 2. The Morgan fingerprint density at radius 2 is 1.84 bits per heavy atom. The van der Waals surface area contributed by atoms with Crippen molar-refractivity contribution in [3.8, 4) is 0 Å². The lowest BCUT2D eigenvalue weighted by atomic mass is 9.82. The number of ketones is 1. The quantitative estimate of drug-likeness (QED) is 0.858. The van der Waals surface area contributed by atoms with Crippen LogP contribution in [-0.2, 0) is 14.3 Å². The van der Waals surface area contributed by atoms with Gasteiger partial charge >= 0.3 is 0 Å². The Balaban J connectivity index is 2.42. The fourth-order valence-electron chi connectivity index (χ4n) is 2.89. The van der Waals surface area contributed by atoms with E-state index in [1.54, 1.807) is 20.8 Å². The fourth-order valence-corrected chi connectivity index (χ4v) is 2.89. The van der Waals surface area contributed by atoms with Gasteiger partial charge in [-0.15, -0.1) is 0 Å². The monoisotopic (exact) mass is 345 g/mol. The first-order chi connectivity index (χ1) is 11.6. The molecule has 0 radical (unpaired) electrons. The lowest BCUT2D eigenvalue weighted by molar-refractivity contribution is -0.130. The summed E-state index contributed by atoms with van der Waals surface area (Å²) in [6.07, 6.45) is 0.0464. The second-order valence-electron chi connectivity index (χ2n) is 7.57. The van der Waals surface area contributed by atoms with Gasteiger partial charge in [0, 0.05) is 12.0 Å². The van der Waals surface area contributed by atoms with Crippen molar-refractivity contribution < 1.29 is 19.4 Å². The number of ether oxygens (including phenoxy) is 1. The molecule has 1 unspecified atom stereocenters. The van der Waals surface area contributed by atoms with Gasteiger partial charge < -0.3 is 14.7 Å². The number of amides is 1. The average Bonchev–Trinajstić information content (AvgIpc) is 2.78. The Bertz CT molecular complexity index is 671. The minimum Gasteiger partial charge on any atom is -0.503 e. The SMILES string of the molecule is CC(C)OCCN1C(=O)C(O)=C(C(=O)C(C)(C)C)C1c1ccccc1. The predicted octanol–water partition coefficient (Wildman–Crippen LogP) is 3.42. The molecule has 1 amide bonds. The highest BCUT2D eigenvalue weighted by molar-refractivity contribution is 6.10. The summed E-state index contributed by atoms with van der Waals surface area (Å²) in [5.41, 5.74) is 0.284. The molecular formula is C20H27NO4. The highest BCUT2D eigenvalue weighted by atomic mass is 16.5. The molecule has 2 rings (SSSR count). The number of rotatable bonds is 6. The number of hydrogen-bond acceptors (Lipinski definition) is 4. The van der Waals surface area contributed by atoms with Crippen molar-refractivity contribution in [1.82, 2.24) is 4.90 Å². The molecule has 1 aromatic rings. The molecule has 0 fully saturated rings. The molecule has 5 heteroatoms. The van der Waals surface area contributed by atoms with E-state index in [-0.39, 0.29) is 17.5 Å². The van der Waals surface area contributed by atoms with Crippen molar-refractivity contribution in [2.24, 2.45) is 5.41 Å². The lowest BCUT2D eigenvalue weighted by Gasteiger charge is -2.29. The Kier molecular flexibility index (Phi) is 5.68. The minimum absolute atomic E-state index is 0.0464. The second-order valence-corrected chi connectivity index (χ2v) is 7.57. The predicted molar refractivity (Wildman–Crippen MR) is 96.1 cm³/mol. The zero-order chi connectivity index (χ0) is 18.8. The van der Waals surface area contributed by atoms with Crippen molar-refractivity contribution in [2.45, 2.75) is 46.8 Å². The van der Waals surface area contributed by atoms with Crippen LogP contribution in [0, 0.1) is 5.41 Å². The molecule has 0 bridgehead atoms. The summed E-state index contributed by atoms with van der Waals surface area (Å²) in [7, 11) is 0. The maximum atomic E-state index is 12.9. The number of benzene rings is 1. The molecular weight excluding hydrogens is 318 g/mol. The van der Waals surface area contributed by atoms with Crippen LogP contribution in [-0.4, -0.2) is 41.0 Å². The van der Waals surface area contributed by atoms with Gasteiger partial charge in [-0.2, -0.15) is 0 Å². The van der Waals surface area contributed by atoms with E-state index in [0.29, 0.717) is 13.2 Å². The first-order valence-electron chi connectivity index (χ1n) is 8.60. The minimum atomic E-state index is -0.693. The second kappa shape index (κ2) is 7.40. The van der Waals surface area contributed by atoms with Crippen LogP contribution in [0.3, 0.4) is 0 Å². The van der Waals surface area contributed by atoms with Gasteiger partial charge in [-0.05, 0) is 19.4 Å². The zero-order valence-electron chi connectivity index (χ0n) is 15.6. The van der Waals surface area contributed by atoms with Gasteiger partial charge in [-0.25, -0.2) is 0 Å². The third-order valence-electron chi connectivity index (χ3n) is 4.13. The molecule has 0 saturated carbocycles. The van der Waals surface area contributed by atoms with Crippen molar-refractivity contribution >= 4 is 11.7 Å². The number of Topliss-reactive ketones (excluding diaryl/α,β-unsaturated/α-hetero) is 1.